The molecule has 5 nitrogen and oxygen atoms in total. The third-order valence-corrected chi connectivity index (χ3v) is 3.32. The monoisotopic (exact) mass is 235 g/mol. The summed E-state index contributed by atoms with van der Waals surface area (Å²) in [5, 5.41) is 9.03. The van der Waals surface area contributed by atoms with E-state index in [0.29, 0.717) is 11.9 Å². The fourth-order valence-electron chi connectivity index (χ4n) is 2.42. The van der Waals surface area contributed by atoms with Gasteiger partial charge in [0, 0.05) is 18.8 Å². The predicted molar refractivity (Wildman–Crippen MR) is 66.3 cm³/mol. The average molecular weight is 235 g/mol. The molecule has 3 N–H and O–H groups in total. The van der Waals surface area contributed by atoms with Gasteiger partial charge in [-0.15, -0.1) is 0 Å². The van der Waals surface area contributed by atoms with E-state index in [1.807, 2.05) is 0 Å². The van der Waals surface area contributed by atoms with Crippen LogP contribution in [0.1, 0.15) is 36.5 Å². The van der Waals surface area contributed by atoms with Crippen LogP contribution < -0.4 is 10.6 Å². The Labute approximate surface area is 100 Å². The van der Waals surface area contributed by atoms with Gasteiger partial charge in [0.05, 0.1) is 11.3 Å². The number of aromatic nitrogens is 1. The fourth-order valence-corrected chi connectivity index (χ4v) is 2.42. The normalized spacial score (nSPS) is 19.6. The number of carbonyl (C=O) groups is 1. The molecule has 0 aliphatic carbocycles. The molecule has 17 heavy (non-hydrogen) atoms. The molecular formula is C12H17N3O2. The van der Waals surface area contributed by atoms with Crippen molar-refractivity contribution in [3.05, 3.63) is 17.8 Å². The van der Waals surface area contributed by atoms with Gasteiger partial charge in [-0.05, 0) is 25.3 Å². The Hall–Kier alpha value is -1.78. The number of rotatable bonds is 3. The van der Waals surface area contributed by atoms with Crippen molar-refractivity contribution >= 4 is 17.5 Å². The number of aromatic carboxylic acids is 1. The van der Waals surface area contributed by atoms with E-state index in [0.717, 1.165) is 25.8 Å². The number of nitrogens with zero attached hydrogens (tertiary/aromatic N) is 2. The van der Waals surface area contributed by atoms with E-state index < -0.39 is 5.97 Å². The van der Waals surface area contributed by atoms with E-state index in [4.69, 9.17) is 10.8 Å². The summed E-state index contributed by atoms with van der Waals surface area (Å²) in [5.74, 6) is -0.382. The summed E-state index contributed by atoms with van der Waals surface area (Å²) in [5.41, 5.74) is 6.31. The lowest BCUT2D eigenvalue weighted by atomic mass is 10.1. The second-order valence-electron chi connectivity index (χ2n) is 4.30. The molecule has 1 aromatic rings. The molecule has 1 saturated heterocycles. The maximum absolute atomic E-state index is 11.0. The van der Waals surface area contributed by atoms with Gasteiger partial charge in [0.15, 0.2) is 5.82 Å². The number of carboxylic acid groups (broad SMARTS) is 1. The molecule has 92 valence electrons. The van der Waals surface area contributed by atoms with Crippen molar-refractivity contribution in [1.82, 2.24) is 4.98 Å². The van der Waals surface area contributed by atoms with E-state index >= 15 is 0 Å². The van der Waals surface area contributed by atoms with E-state index in [9.17, 15) is 4.79 Å². The minimum atomic E-state index is -1.00. The molecule has 1 aromatic heterocycles. The summed E-state index contributed by atoms with van der Waals surface area (Å²) in [7, 11) is 0. The zero-order chi connectivity index (χ0) is 12.4. The molecule has 1 atom stereocenters. The largest absolute Gasteiger partial charge is 0.478 e. The summed E-state index contributed by atoms with van der Waals surface area (Å²) in [4.78, 5) is 17.4. The minimum absolute atomic E-state index is 0.136. The fraction of sp³-hybridized carbons (Fsp3) is 0.500. The lowest BCUT2D eigenvalue weighted by Gasteiger charge is -2.26. The molecular weight excluding hydrogens is 218 g/mol. The van der Waals surface area contributed by atoms with Gasteiger partial charge >= 0.3 is 5.97 Å². The van der Waals surface area contributed by atoms with Crippen molar-refractivity contribution in [3.8, 4) is 0 Å². The van der Waals surface area contributed by atoms with Crippen molar-refractivity contribution in [2.75, 3.05) is 17.2 Å². The van der Waals surface area contributed by atoms with Crippen LogP contribution in [-0.2, 0) is 0 Å². The first-order chi connectivity index (χ1) is 8.15. The lowest BCUT2D eigenvalue weighted by Crippen LogP contribution is -2.30. The average Bonchev–Trinajstić information content (AvgIpc) is 2.76. The van der Waals surface area contributed by atoms with E-state index in [1.165, 1.54) is 12.3 Å². The van der Waals surface area contributed by atoms with Crippen LogP contribution in [0.15, 0.2) is 12.3 Å². The third kappa shape index (κ3) is 2.05. The van der Waals surface area contributed by atoms with Gasteiger partial charge < -0.3 is 15.7 Å². The molecule has 0 bridgehead atoms. The van der Waals surface area contributed by atoms with E-state index in [2.05, 4.69) is 16.8 Å². The van der Waals surface area contributed by atoms with Crippen LogP contribution in [0.5, 0.6) is 0 Å². The summed E-state index contributed by atoms with van der Waals surface area (Å²) in [6.45, 7) is 3.03. The molecule has 1 fully saturated rings. The van der Waals surface area contributed by atoms with Crippen molar-refractivity contribution in [2.45, 2.75) is 32.2 Å². The minimum Gasteiger partial charge on any atom is -0.478 e. The quantitative estimate of drug-likeness (QED) is 0.834. The zero-order valence-electron chi connectivity index (χ0n) is 9.89. The van der Waals surface area contributed by atoms with Crippen molar-refractivity contribution < 1.29 is 9.90 Å². The van der Waals surface area contributed by atoms with Crippen LogP contribution >= 0.6 is 0 Å². The van der Waals surface area contributed by atoms with Crippen LogP contribution in [0.25, 0.3) is 0 Å². The second-order valence-corrected chi connectivity index (χ2v) is 4.30. The highest BCUT2D eigenvalue weighted by Gasteiger charge is 2.27. The predicted octanol–water partition coefficient (Wildman–Crippen LogP) is 1.74. The Balaban J connectivity index is 2.38. The molecule has 2 rings (SSSR count). The highest BCUT2D eigenvalue weighted by molar-refractivity contribution is 5.96. The first-order valence-electron chi connectivity index (χ1n) is 5.89. The number of anilines is 2. The van der Waals surface area contributed by atoms with Crippen LogP contribution in [-0.4, -0.2) is 28.6 Å². The van der Waals surface area contributed by atoms with Gasteiger partial charge in [-0.3, -0.25) is 0 Å². The number of hydrogen-bond donors (Lipinski definition) is 2. The molecule has 0 spiro atoms. The van der Waals surface area contributed by atoms with E-state index in [1.54, 1.807) is 0 Å². The Morgan fingerprint density at radius 2 is 2.47 bits per heavy atom. The standard InChI is InChI=1S/C12H17N3O2/c1-2-8-4-3-7-15(8)11-10(13)9(12(16)17)5-6-14-11/h5-6,8H,2-4,7,13H2,1H3,(H,16,17). The number of nitrogen functional groups attached to an aromatic ring is 1. The van der Waals surface area contributed by atoms with Gasteiger partial charge in [0.2, 0.25) is 0 Å². The van der Waals surface area contributed by atoms with Crippen LogP contribution in [0, 0.1) is 0 Å². The summed E-state index contributed by atoms with van der Waals surface area (Å²) in [6, 6.07) is 1.87. The van der Waals surface area contributed by atoms with Crippen molar-refractivity contribution in [3.63, 3.8) is 0 Å². The number of hydrogen-bond acceptors (Lipinski definition) is 4. The SMILES string of the molecule is CCC1CCCN1c1nccc(C(=O)O)c1N. The van der Waals surface area contributed by atoms with Gasteiger partial charge in [-0.1, -0.05) is 6.92 Å². The van der Waals surface area contributed by atoms with Crippen LogP contribution in [0.4, 0.5) is 11.5 Å². The van der Waals surface area contributed by atoms with Crippen molar-refractivity contribution in [1.29, 1.82) is 0 Å². The summed E-state index contributed by atoms with van der Waals surface area (Å²) in [6.07, 6.45) is 4.77. The second kappa shape index (κ2) is 4.61. The van der Waals surface area contributed by atoms with Gasteiger partial charge in [0.25, 0.3) is 0 Å². The number of carboxylic acids is 1. The highest BCUT2D eigenvalue weighted by Crippen LogP contribution is 2.31. The van der Waals surface area contributed by atoms with Gasteiger partial charge in [-0.2, -0.15) is 0 Å². The molecule has 1 unspecified atom stereocenters. The summed E-state index contributed by atoms with van der Waals surface area (Å²) < 4.78 is 0. The van der Waals surface area contributed by atoms with Crippen molar-refractivity contribution in [2.24, 2.45) is 0 Å². The Morgan fingerprint density at radius 1 is 1.71 bits per heavy atom. The zero-order valence-corrected chi connectivity index (χ0v) is 9.89. The first-order valence-corrected chi connectivity index (χ1v) is 5.89. The topological polar surface area (TPSA) is 79.5 Å². The molecule has 0 saturated carbocycles. The Kier molecular flexibility index (Phi) is 3.17. The molecule has 2 heterocycles. The van der Waals surface area contributed by atoms with Crippen LogP contribution in [0.2, 0.25) is 0 Å². The smallest absolute Gasteiger partial charge is 0.337 e. The number of nitrogens with two attached hydrogens (primary N) is 1. The third-order valence-electron chi connectivity index (χ3n) is 3.32. The first kappa shape index (κ1) is 11.7. The lowest BCUT2D eigenvalue weighted by molar-refractivity contribution is 0.0698. The maximum Gasteiger partial charge on any atom is 0.337 e. The Bertz CT molecular complexity index is 434. The Morgan fingerprint density at radius 3 is 3.12 bits per heavy atom. The molecule has 5 heteroatoms. The molecule has 0 aromatic carbocycles. The van der Waals surface area contributed by atoms with E-state index in [-0.39, 0.29) is 11.3 Å². The highest BCUT2D eigenvalue weighted by atomic mass is 16.4. The molecule has 0 amide bonds. The van der Waals surface area contributed by atoms with Gasteiger partial charge in [0.1, 0.15) is 0 Å². The van der Waals surface area contributed by atoms with Crippen LogP contribution in [0.3, 0.4) is 0 Å². The number of pyridine rings is 1. The maximum atomic E-state index is 11.0. The van der Waals surface area contributed by atoms with Gasteiger partial charge in [-0.25, -0.2) is 9.78 Å². The molecule has 1 aliphatic heterocycles. The molecule has 1 aliphatic rings. The summed E-state index contributed by atoms with van der Waals surface area (Å²) >= 11 is 0. The molecule has 0 radical (unpaired) electrons.